The topological polar surface area (TPSA) is 26.0 Å². The van der Waals surface area contributed by atoms with Crippen LogP contribution in [0.25, 0.3) is 0 Å². The third-order valence-corrected chi connectivity index (χ3v) is 3.54. The lowest BCUT2D eigenvalue weighted by molar-refractivity contribution is 0.175. The molecule has 0 bridgehead atoms. The Morgan fingerprint density at radius 3 is 2.37 bits per heavy atom. The van der Waals surface area contributed by atoms with E-state index in [0.29, 0.717) is 11.1 Å². The molecule has 2 N–H and O–H groups in total. The molecule has 1 nitrogen and oxygen atoms in total. The molecule has 0 aliphatic carbocycles. The fraction of sp³-hybridized carbons (Fsp3) is 0.200. The Morgan fingerprint density at radius 1 is 1.05 bits per heavy atom. The van der Waals surface area contributed by atoms with Crippen molar-refractivity contribution in [3.05, 3.63) is 70.5 Å². The first kappa shape index (κ1) is 14.0. The van der Waals surface area contributed by atoms with Gasteiger partial charge in [0.15, 0.2) is 5.67 Å². The number of alkyl halides is 1. The molecule has 4 heteroatoms. The van der Waals surface area contributed by atoms with Crippen LogP contribution in [-0.2, 0) is 12.1 Å². The van der Waals surface area contributed by atoms with Gasteiger partial charge in [-0.2, -0.15) is 0 Å². The molecule has 0 heterocycles. The van der Waals surface area contributed by atoms with Gasteiger partial charge in [-0.05, 0) is 17.2 Å². The highest BCUT2D eigenvalue weighted by Gasteiger charge is 2.31. The van der Waals surface area contributed by atoms with Crippen LogP contribution in [0.1, 0.15) is 11.1 Å². The van der Waals surface area contributed by atoms with Crippen molar-refractivity contribution in [2.45, 2.75) is 12.1 Å². The number of nitrogens with two attached hydrogens (primary N) is 1. The van der Waals surface area contributed by atoms with E-state index in [1.54, 1.807) is 36.4 Å². The van der Waals surface area contributed by atoms with E-state index in [1.807, 2.05) is 0 Å². The van der Waals surface area contributed by atoms with Crippen molar-refractivity contribution in [2.24, 2.45) is 5.73 Å². The van der Waals surface area contributed by atoms with Crippen LogP contribution in [0.4, 0.5) is 8.78 Å². The highest BCUT2D eigenvalue weighted by Crippen LogP contribution is 2.32. The third kappa shape index (κ3) is 2.94. The number of rotatable bonds is 4. The van der Waals surface area contributed by atoms with Crippen molar-refractivity contribution < 1.29 is 8.78 Å². The van der Waals surface area contributed by atoms with E-state index >= 15 is 0 Å². The zero-order valence-electron chi connectivity index (χ0n) is 10.2. The standard InChI is InChI=1S/C15H14ClF2N/c16-14-11(5-4-8-13(14)17)9-15(18,10-19)12-6-2-1-3-7-12/h1-8H,9-10,19H2. The second-order valence-corrected chi connectivity index (χ2v) is 4.80. The number of hydrogen-bond acceptors (Lipinski definition) is 1. The number of halogens is 3. The number of hydrogen-bond donors (Lipinski definition) is 1. The maximum Gasteiger partial charge on any atom is 0.152 e. The second-order valence-electron chi connectivity index (χ2n) is 4.43. The molecule has 0 aromatic heterocycles. The molecule has 1 unspecified atom stereocenters. The summed E-state index contributed by atoms with van der Waals surface area (Å²) in [6, 6.07) is 13.0. The van der Waals surface area contributed by atoms with Crippen LogP contribution in [0.3, 0.4) is 0 Å². The van der Waals surface area contributed by atoms with Crippen LogP contribution >= 0.6 is 11.6 Å². The minimum Gasteiger partial charge on any atom is -0.327 e. The van der Waals surface area contributed by atoms with Crippen molar-refractivity contribution >= 4 is 11.6 Å². The molecular weight excluding hydrogens is 268 g/mol. The van der Waals surface area contributed by atoms with Gasteiger partial charge in [-0.15, -0.1) is 0 Å². The van der Waals surface area contributed by atoms with E-state index in [1.165, 1.54) is 12.1 Å². The first-order valence-electron chi connectivity index (χ1n) is 5.94. The Labute approximate surface area is 116 Å². The van der Waals surface area contributed by atoms with Gasteiger partial charge in [0.25, 0.3) is 0 Å². The van der Waals surface area contributed by atoms with Crippen LogP contribution in [0.15, 0.2) is 48.5 Å². The van der Waals surface area contributed by atoms with Gasteiger partial charge < -0.3 is 5.73 Å². The molecule has 0 aliphatic rings. The first-order chi connectivity index (χ1) is 9.07. The van der Waals surface area contributed by atoms with Crippen molar-refractivity contribution in [2.75, 3.05) is 6.54 Å². The van der Waals surface area contributed by atoms with E-state index in [0.717, 1.165) is 0 Å². The fourth-order valence-corrected chi connectivity index (χ4v) is 2.21. The zero-order valence-corrected chi connectivity index (χ0v) is 11.0. The molecule has 100 valence electrons. The van der Waals surface area contributed by atoms with Crippen molar-refractivity contribution in [1.82, 2.24) is 0 Å². The molecule has 1 atom stereocenters. The maximum atomic E-state index is 14.9. The largest absolute Gasteiger partial charge is 0.327 e. The van der Waals surface area contributed by atoms with Crippen LogP contribution in [0.2, 0.25) is 5.02 Å². The molecule has 0 spiro atoms. The van der Waals surface area contributed by atoms with Gasteiger partial charge in [0.05, 0.1) is 5.02 Å². The van der Waals surface area contributed by atoms with Gasteiger partial charge in [0, 0.05) is 13.0 Å². The van der Waals surface area contributed by atoms with Gasteiger partial charge in [0.1, 0.15) is 5.82 Å². The monoisotopic (exact) mass is 281 g/mol. The Bertz CT molecular complexity index is 559. The summed E-state index contributed by atoms with van der Waals surface area (Å²) in [6.07, 6.45) is -0.0515. The molecule has 2 aromatic rings. The molecule has 0 aliphatic heterocycles. The van der Waals surface area contributed by atoms with Crippen LogP contribution in [-0.4, -0.2) is 6.54 Å². The summed E-state index contributed by atoms with van der Waals surface area (Å²) >= 11 is 5.86. The van der Waals surface area contributed by atoms with Crippen LogP contribution in [0, 0.1) is 5.82 Å². The normalized spacial score (nSPS) is 14.1. The lowest BCUT2D eigenvalue weighted by Gasteiger charge is -2.24. The first-order valence-corrected chi connectivity index (χ1v) is 6.32. The molecule has 2 aromatic carbocycles. The van der Waals surface area contributed by atoms with Crippen LogP contribution < -0.4 is 5.73 Å². The predicted octanol–water partition coefficient (Wildman–Crippen LogP) is 3.85. The Kier molecular flexibility index (Phi) is 4.17. The molecule has 19 heavy (non-hydrogen) atoms. The summed E-state index contributed by atoms with van der Waals surface area (Å²) in [5.41, 5.74) is 4.70. The van der Waals surface area contributed by atoms with Crippen LogP contribution in [0.5, 0.6) is 0 Å². The molecule has 0 saturated heterocycles. The summed E-state index contributed by atoms with van der Waals surface area (Å²) in [4.78, 5) is 0. The molecule has 2 rings (SSSR count). The van der Waals surface area contributed by atoms with E-state index in [2.05, 4.69) is 0 Å². The molecule has 0 radical (unpaired) electrons. The Balaban J connectivity index is 2.36. The van der Waals surface area contributed by atoms with E-state index in [4.69, 9.17) is 17.3 Å². The molecule has 0 fully saturated rings. The van der Waals surface area contributed by atoms with Gasteiger partial charge in [-0.1, -0.05) is 54.1 Å². The van der Waals surface area contributed by atoms with Gasteiger partial charge in [0.2, 0.25) is 0 Å². The minimum absolute atomic E-state index is 0.0473. The van der Waals surface area contributed by atoms with E-state index < -0.39 is 11.5 Å². The summed E-state index contributed by atoms with van der Waals surface area (Å²) in [5, 5.41) is -0.0473. The average Bonchev–Trinajstić information content (AvgIpc) is 2.45. The molecule has 0 amide bonds. The highest BCUT2D eigenvalue weighted by atomic mass is 35.5. The van der Waals surface area contributed by atoms with Crippen molar-refractivity contribution in [3.8, 4) is 0 Å². The van der Waals surface area contributed by atoms with Gasteiger partial charge in [-0.25, -0.2) is 8.78 Å². The lowest BCUT2D eigenvalue weighted by Crippen LogP contribution is -2.32. The number of benzene rings is 2. The second kappa shape index (κ2) is 5.68. The quantitative estimate of drug-likeness (QED) is 0.905. The third-order valence-electron chi connectivity index (χ3n) is 3.12. The summed E-state index contributed by atoms with van der Waals surface area (Å²) < 4.78 is 28.3. The molecular formula is C15H14ClF2N. The Hall–Kier alpha value is -1.45. The summed E-state index contributed by atoms with van der Waals surface area (Å²) in [5.74, 6) is -0.549. The minimum atomic E-state index is -1.75. The SMILES string of the molecule is NCC(F)(Cc1cccc(F)c1Cl)c1ccccc1. The lowest BCUT2D eigenvalue weighted by atomic mass is 9.89. The zero-order chi connectivity index (χ0) is 13.9. The fourth-order valence-electron chi connectivity index (χ4n) is 2.02. The van der Waals surface area contributed by atoms with E-state index in [9.17, 15) is 8.78 Å². The highest BCUT2D eigenvalue weighted by molar-refractivity contribution is 6.31. The predicted molar refractivity (Wildman–Crippen MR) is 73.4 cm³/mol. The summed E-state index contributed by atoms with van der Waals surface area (Å²) in [7, 11) is 0. The van der Waals surface area contributed by atoms with Crippen molar-refractivity contribution in [3.63, 3.8) is 0 Å². The van der Waals surface area contributed by atoms with Gasteiger partial charge >= 0.3 is 0 Å². The molecule has 0 saturated carbocycles. The summed E-state index contributed by atoms with van der Waals surface area (Å²) in [6.45, 7) is -0.191. The Morgan fingerprint density at radius 2 is 1.74 bits per heavy atom. The maximum absolute atomic E-state index is 14.9. The smallest absolute Gasteiger partial charge is 0.152 e. The van der Waals surface area contributed by atoms with Crippen molar-refractivity contribution in [1.29, 1.82) is 0 Å². The van der Waals surface area contributed by atoms with Gasteiger partial charge in [-0.3, -0.25) is 0 Å². The van der Waals surface area contributed by atoms with E-state index in [-0.39, 0.29) is 18.0 Å². The average molecular weight is 282 g/mol.